The van der Waals surface area contributed by atoms with Gasteiger partial charge in [0.2, 0.25) is 0 Å². The molecule has 0 aromatic heterocycles. The van der Waals surface area contributed by atoms with Crippen LogP contribution in [0.2, 0.25) is 0 Å². The Morgan fingerprint density at radius 2 is 1.35 bits per heavy atom. The molecule has 1 nitrogen and oxygen atoms in total. The predicted octanol–water partition coefficient (Wildman–Crippen LogP) is 5.08. The number of hydrogen-bond acceptors (Lipinski definition) is 1. The fourth-order valence-corrected chi connectivity index (χ4v) is 13.2. The minimum atomic E-state index is -2.53. The van der Waals surface area contributed by atoms with Crippen LogP contribution in [0.3, 0.4) is 0 Å². The second-order valence-corrected chi connectivity index (χ2v) is 12.3. The van der Waals surface area contributed by atoms with Crippen LogP contribution in [0.4, 0.5) is 0 Å². The third-order valence-corrected chi connectivity index (χ3v) is 14.0. The maximum absolute atomic E-state index is 7.21. The summed E-state index contributed by atoms with van der Waals surface area (Å²) < 4.78 is 7.21. The van der Waals surface area contributed by atoms with Crippen LogP contribution >= 0.6 is 6.83 Å². The molecule has 0 aliphatic carbocycles. The molecule has 2 heterocycles. The first kappa shape index (κ1) is 15.4. The van der Waals surface area contributed by atoms with Gasteiger partial charge in [0, 0.05) is 0 Å². The summed E-state index contributed by atoms with van der Waals surface area (Å²) in [4.78, 5) is 0. The van der Waals surface area contributed by atoms with Crippen LogP contribution in [0.5, 0.6) is 0 Å². The van der Waals surface area contributed by atoms with E-state index in [1.807, 2.05) is 0 Å². The van der Waals surface area contributed by atoms with Crippen LogP contribution in [-0.4, -0.2) is 17.4 Å². The van der Waals surface area contributed by atoms with E-state index < -0.39 is 6.83 Å². The van der Waals surface area contributed by atoms with Crippen molar-refractivity contribution in [3.05, 3.63) is 48.5 Å². The number of benzene rings is 2. The van der Waals surface area contributed by atoms with E-state index in [-0.39, 0.29) is 5.60 Å². The van der Waals surface area contributed by atoms with Gasteiger partial charge in [-0.25, -0.2) is 0 Å². The molecule has 23 heavy (non-hydrogen) atoms. The molecule has 0 radical (unpaired) electrons. The van der Waals surface area contributed by atoms with Crippen molar-refractivity contribution in [1.82, 2.24) is 0 Å². The fraction of sp³-hybridized carbons (Fsp3) is 0.429. The maximum atomic E-state index is 7.21. The van der Waals surface area contributed by atoms with Crippen LogP contribution in [-0.2, 0) is 4.52 Å². The summed E-state index contributed by atoms with van der Waals surface area (Å²) in [5.74, 6) is 0. The van der Waals surface area contributed by atoms with Crippen molar-refractivity contribution >= 4 is 17.4 Å². The Morgan fingerprint density at radius 3 is 1.74 bits per heavy atom. The Labute approximate surface area is 140 Å². The van der Waals surface area contributed by atoms with E-state index in [4.69, 9.17) is 4.52 Å². The summed E-state index contributed by atoms with van der Waals surface area (Å²) in [6, 6.07) is 18.0. The molecule has 2 aliphatic heterocycles. The van der Waals surface area contributed by atoms with Gasteiger partial charge >= 0.3 is 140 Å². The van der Waals surface area contributed by atoms with Crippen LogP contribution in [0.15, 0.2) is 48.5 Å². The van der Waals surface area contributed by atoms with E-state index in [2.05, 4.69) is 76.2 Å². The summed E-state index contributed by atoms with van der Waals surface area (Å²) in [5.41, 5.74) is 3.47. The van der Waals surface area contributed by atoms with Gasteiger partial charge in [0.05, 0.1) is 0 Å². The van der Waals surface area contributed by atoms with Gasteiger partial charge in [-0.15, -0.1) is 0 Å². The van der Waals surface area contributed by atoms with E-state index in [1.165, 1.54) is 21.7 Å². The van der Waals surface area contributed by atoms with Gasteiger partial charge < -0.3 is 0 Å². The van der Waals surface area contributed by atoms with Gasteiger partial charge in [0.25, 0.3) is 0 Å². The van der Waals surface area contributed by atoms with Gasteiger partial charge in [-0.05, 0) is 0 Å². The molecule has 1 fully saturated rings. The molecule has 2 heteroatoms. The van der Waals surface area contributed by atoms with Crippen molar-refractivity contribution in [1.29, 1.82) is 0 Å². The van der Waals surface area contributed by atoms with E-state index in [9.17, 15) is 0 Å². The van der Waals surface area contributed by atoms with Crippen LogP contribution in [0.1, 0.15) is 40.5 Å². The van der Waals surface area contributed by atoms with Gasteiger partial charge in [-0.1, -0.05) is 0 Å². The van der Waals surface area contributed by atoms with Crippen molar-refractivity contribution in [2.24, 2.45) is 0 Å². The van der Waals surface area contributed by atoms with Gasteiger partial charge in [0.1, 0.15) is 0 Å². The molecule has 0 bridgehead atoms. The average molecular weight is 326 g/mol. The molecule has 2 aromatic rings. The monoisotopic (exact) mass is 326 g/mol. The SMILES string of the molecule is CCC1(CC)OP2(CC)(c3ccccc3-c3ccccc32)[C@@H]1C. The van der Waals surface area contributed by atoms with Crippen LogP contribution < -0.4 is 10.6 Å². The summed E-state index contributed by atoms with van der Waals surface area (Å²) >= 11 is 0. The van der Waals surface area contributed by atoms with Gasteiger partial charge in [0.15, 0.2) is 0 Å². The van der Waals surface area contributed by atoms with Crippen molar-refractivity contribution < 1.29 is 4.52 Å². The van der Waals surface area contributed by atoms with Crippen molar-refractivity contribution in [3.8, 4) is 11.1 Å². The molecule has 1 atom stereocenters. The summed E-state index contributed by atoms with van der Waals surface area (Å²) in [6.45, 7) is 6.87. The normalized spacial score (nSPS) is 26.6. The Hall–Kier alpha value is -1.17. The third kappa shape index (κ3) is 1.43. The molecule has 0 unspecified atom stereocenters. The Bertz CT molecular complexity index is 729. The quantitative estimate of drug-likeness (QED) is 0.714. The zero-order valence-electron chi connectivity index (χ0n) is 14.7. The molecule has 0 N–H and O–H groups in total. The molecular weight excluding hydrogens is 299 g/mol. The third-order valence-electron chi connectivity index (χ3n) is 6.95. The van der Waals surface area contributed by atoms with E-state index in [1.54, 1.807) is 0 Å². The zero-order chi connectivity index (χ0) is 16.3. The zero-order valence-corrected chi connectivity index (χ0v) is 15.6. The first-order valence-corrected chi connectivity index (χ1v) is 11.4. The van der Waals surface area contributed by atoms with E-state index in [0.717, 1.165) is 19.0 Å². The minimum absolute atomic E-state index is 0.0540. The first-order valence-electron chi connectivity index (χ1n) is 9.01. The molecule has 122 valence electrons. The Morgan fingerprint density at radius 1 is 0.870 bits per heavy atom. The molecule has 1 saturated heterocycles. The molecule has 2 aromatic carbocycles. The summed E-state index contributed by atoms with van der Waals surface area (Å²) in [6.07, 6.45) is 3.32. The predicted molar refractivity (Wildman–Crippen MR) is 102 cm³/mol. The molecule has 4 rings (SSSR count). The number of hydrogen-bond donors (Lipinski definition) is 0. The van der Waals surface area contributed by atoms with Gasteiger partial charge in [-0.2, -0.15) is 0 Å². The first-order chi connectivity index (χ1) is 11.1. The Kier molecular flexibility index (Phi) is 3.13. The van der Waals surface area contributed by atoms with Crippen LogP contribution in [0, 0.1) is 0 Å². The second-order valence-electron chi connectivity index (χ2n) is 7.18. The molecule has 2 aliphatic rings. The molecule has 0 saturated carbocycles. The molecular formula is C21H27OP. The summed E-state index contributed by atoms with van der Waals surface area (Å²) in [5, 5.41) is 3.01. The average Bonchev–Trinajstić information content (AvgIpc) is 2.89. The fourth-order valence-electron chi connectivity index (χ4n) is 5.57. The van der Waals surface area contributed by atoms with E-state index in [0.29, 0.717) is 5.66 Å². The van der Waals surface area contributed by atoms with Crippen molar-refractivity contribution in [2.75, 3.05) is 6.16 Å². The Balaban J connectivity index is 2.07. The van der Waals surface area contributed by atoms with E-state index >= 15 is 0 Å². The van der Waals surface area contributed by atoms with Crippen molar-refractivity contribution in [2.45, 2.75) is 51.8 Å². The second kappa shape index (κ2) is 4.68. The van der Waals surface area contributed by atoms with Gasteiger partial charge in [-0.3, -0.25) is 0 Å². The molecule has 0 amide bonds. The summed E-state index contributed by atoms with van der Waals surface area (Å²) in [7, 11) is 0. The number of rotatable bonds is 3. The van der Waals surface area contributed by atoms with Crippen molar-refractivity contribution in [3.63, 3.8) is 0 Å². The van der Waals surface area contributed by atoms with Crippen LogP contribution in [0.25, 0.3) is 11.1 Å². The molecule has 1 spiro atoms. The standard InChI is InChI=1S/C21H27OP/c1-5-21(6-2)16(4)23(7-3,22-21)19-14-10-8-12-17(19)18-13-9-11-15-20(18)23/h8-16H,5-7H2,1-4H3/t16-/m1/s1. The topological polar surface area (TPSA) is 9.23 Å². The number of fused-ring (bicyclic) bond motifs is 5.